The number of rotatable bonds is 6. The summed E-state index contributed by atoms with van der Waals surface area (Å²) in [5, 5.41) is 1.000. The molecule has 0 bridgehead atoms. The van der Waals surface area contributed by atoms with Crippen molar-refractivity contribution < 1.29 is 14.3 Å². The largest absolute Gasteiger partial charge is 0.487 e. The van der Waals surface area contributed by atoms with E-state index in [1.807, 2.05) is 54.7 Å². The predicted molar refractivity (Wildman–Crippen MR) is 92.8 cm³/mol. The number of benzene rings is 2. The quantitative estimate of drug-likeness (QED) is 0.684. The maximum Gasteiger partial charge on any atom is 0.322 e. The van der Waals surface area contributed by atoms with Gasteiger partial charge in [-0.3, -0.25) is 4.79 Å². The van der Waals surface area contributed by atoms with E-state index in [1.54, 1.807) is 0 Å². The second-order valence-electron chi connectivity index (χ2n) is 5.60. The third-order valence-electron chi connectivity index (χ3n) is 3.94. The molecule has 0 saturated heterocycles. The molecule has 1 aromatic heterocycles. The van der Waals surface area contributed by atoms with Crippen LogP contribution in [-0.2, 0) is 22.6 Å². The molecule has 0 saturated carbocycles. The second-order valence-corrected chi connectivity index (χ2v) is 5.60. The number of ether oxygens (including phenoxy) is 2. The number of H-pyrrole nitrogens is 1. The molecular formula is C19H20N2O3. The smallest absolute Gasteiger partial charge is 0.322 e. The first kappa shape index (κ1) is 16.1. The zero-order valence-corrected chi connectivity index (χ0v) is 13.5. The first-order chi connectivity index (χ1) is 11.7. The van der Waals surface area contributed by atoms with Gasteiger partial charge in [0, 0.05) is 18.0 Å². The van der Waals surface area contributed by atoms with Gasteiger partial charge < -0.3 is 20.2 Å². The molecule has 24 heavy (non-hydrogen) atoms. The van der Waals surface area contributed by atoms with E-state index in [0.717, 1.165) is 27.8 Å². The number of aromatic nitrogens is 1. The van der Waals surface area contributed by atoms with Crippen molar-refractivity contribution in [1.82, 2.24) is 4.98 Å². The van der Waals surface area contributed by atoms with Crippen LogP contribution in [0.1, 0.15) is 11.1 Å². The lowest BCUT2D eigenvalue weighted by Gasteiger charge is -2.09. The summed E-state index contributed by atoms with van der Waals surface area (Å²) < 4.78 is 10.6. The number of hydrogen-bond donors (Lipinski definition) is 2. The molecule has 0 fully saturated rings. The monoisotopic (exact) mass is 324 g/mol. The minimum Gasteiger partial charge on any atom is -0.487 e. The Kier molecular flexibility index (Phi) is 4.82. The van der Waals surface area contributed by atoms with Crippen LogP contribution in [0.2, 0.25) is 0 Å². The molecule has 1 unspecified atom stereocenters. The van der Waals surface area contributed by atoms with Gasteiger partial charge in [0.1, 0.15) is 18.4 Å². The van der Waals surface area contributed by atoms with Gasteiger partial charge in [-0.1, -0.05) is 42.5 Å². The van der Waals surface area contributed by atoms with Crippen molar-refractivity contribution in [2.75, 3.05) is 7.11 Å². The molecule has 2 aromatic carbocycles. The van der Waals surface area contributed by atoms with Crippen LogP contribution in [0.5, 0.6) is 5.75 Å². The summed E-state index contributed by atoms with van der Waals surface area (Å²) in [7, 11) is 1.34. The highest BCUT2D eigenvalue weighted by molar-refractivity contribution is 5.89. The molecule has 124 valence electrons. The van der Waals surface area contributed by atoms with Crippen LogP contribution in [0.3, 0.4) is 0 Å². The summed E-state index contributed by atoms with van der Waals surface area (Å²) in [6.07, 6.45) is 2.28. The number of methoxy groups -OCH3 is 1. The fraction of sp³-hybridized carbons (Fsp3) is 0.211. The van der Waals surface area contributed by atoms with Gasteiger partial charge in [-0.05, 0) is 17.2 Å². The van der Waals surface area contributed by atoms with Gasteiger partial charge in [0.25, 0.3) is 0 Å². The maximum atomic E-state index is 11.5. The summed E-state index contributed by atoms with van der Waals surface area (Å²) in [6, 6.07) is 15.2. The summed E-state index contributed by atoms with van der Waals surface area (Å²) in [6.45, 7) is 0.496. The Hall–Kier alpha value is -2.79. The molecule has 3 N–H and O–H groups in total. The molecule has 3 rings (SSSR count). The molecule has 0 radical (unpaired) electrons. The zero-order chi connectivity index (χ0) is 16.9. The Morgan fingerprint density at radius 2 is 1.96 bits per heavy atom. The third kappa shape index (κ3) is 3.41. The number of carbonyl (C=O) groups is 1. The van der Waals surface area contributed by atoms with E-state index in [2.05, 4.69) is 9.72 Å². The molecule has 0 amide bonds. The van der Waals surface area contributed by atoms with Crippen LogP contribution in [-0.4, -0.2) is 24.1 Å². The van der Waals surface area contributed by atoms with E-state index < -0.39 is 12.0 Å². The fourth-order valence-electron chi connectivity index (χ4n) is 2.68. The minimum absolute atomic E-state index is 0.412. The molecular weight excluding hydrogens is 304 g/mol. The van der Waals surface area contributed by atoms with Crippen LogP contribution in [0.4, 0.5) is 0 Å². The Morgan fingerprint density at radius 1 is 1.17 bits per heavy atom. The number of nitrogens with two attached hydrogens (primary N) is 1. The van der Waals surface area contributed by atoms with E-state index in [4.69, 9.17) is 10.5 Å². The van der Waals surface area contributed by atoms with Crippen LogP contribution >= 0.6 is 0 Å². The van der Waals surface area contributed by atoms with Gasteiger partial charge in [-0.25, -0.2) is 0 Å². The van der Waals surface area contributed by atoms with Crippen molar-refractivity contribution >= 4 is 16.9 Å². The Morgan fingerprint density at radius 3 is 2.71 bits per heavy atom. The number of para-hydroxylation sites is 1. The van der Waals surface area contributed by atoms with Crippen molar-refractivity contribution in [3.05, 3.63) is 65.9 Å². The molecule has 3 aromatic rings. The Labute approximate surface area is 140 Å². The number of hydrogen-bond acceptors (Lipinski definition) is 4. The van der Waals surface area contributed by atoms with Gasteiger partial charge in [0.15, 0.2) is 0 Å². The highest BCUT2D eigenvalue weighted by atomic mass is 16.5. The van der Waals surface area contributed by atoms with Crippen LogP contribution in [0.15, 0.2) is 54.7 Å². The highest BCUT2D eigenvalue weighted by Crippen LogP contribution is 2.28. The standard InChI is InChI=1S/C19H20N2O3/c1-23-19(22)16(20)10-14-11-21-18-15(14)8-5-9-17(18)24-12-13-6-3-2-4-7-13/h2-9,11,16,21H,10,12,20H2,1H3. The second kappa shape index (κ2) is 7.19. The maximum absolute atomic E-state index is 11.5. The van der Waals surface area contributed by atoms with Crippen LogP contribution in [0.25, 0.3) is 10.9 Å². The topological polar surface area (TPSA) is 77.3 Å². The minimum atomic E-state index is -0.678. The van der Waals surface area contributed by atoms with Gasteiger partial charge >= 0.3 is 5.97 Å². The number of nitrogens with one attached hydrogen (secondary N) is 1. The lowest BCUT2D eigenvalue weighted by molar-refractivity contribution is -0.142. The van der Waals surface area contributed by atoms with Gasteiger partial charge in [0.2, 0.25) is 0 Å². The summed E-state index contributed by atoms with van der Waals surface area (Å²) in [5.41, 5.74) is 8.84. The van der Waals surface area contributed by atoms with Crippen molar-refractivity contribution in [3.63, 3.8) is 0 Å². The van der Waals surface area contributed by atoms with E-state index in [1.165, 1.54) is 7.11 Å². The normalized spacial score (nSPS) is 12.1. The molecule has 5 nitrogen and oxygen atoms in total. The number of carbonyl (C=O) groups excluding carboxylic acids is 1. The zero-order valence-electron chi connectivity index (χ0n) is 13.5. The first-order valence-corrected chi connectivity index (χ1v) is 7.78. The van der Waals surface area contributed by atoms with Gasteiger partial charge in [-0.2, -0.15) is 0 Å². The highest BCUT2D eigenvalue weighted by Gasteiger charge is 2.17. The SMILES string of the molecule is COC(=O)C(N)Cc1c[nH]c2c(OCc3ccccc3)cccc12. The van der Waals surface area contributed by atoms with Crippen molar-refractivity contribution in [2.24, 2.45) is 5.73 Å². The number of fused-ring (bicyclic) bond motifs is 1. The summed E-state index contributed by atoms with van der Waals surface area (Å²) in [5.74, 6) is 0.357. The lowest BCUT2D eigenvalue weighted by Crippen LogP contribution is -2.33. The van der Waals surface area contributed by atoms with E-state index in [-0.39, 0.29) is 0 Å². The van der Waals surface area contributed by atoms with Gasteiger partial charge in [-0.15, -0.1) is 0 Å². The average Bonchev–Trinajstić information content (AvgIpc) is 3.03. The first-order valence-electron chi connectivity index (χ1n) is 7.78. The fourth-order valence-corrected chi connectivity index (χ4v) is 2.68. The Bertz CT molecular complexity index is 827. The summed E-state index contributed by atoms with van der Waals surface area (Å²) >= 11 is 0. The van der Waals surface area contributed by atoms with Crippen molar-refractivity contribution in [1.29, 1.82) is 0 Å². The van der Waals surface area contributed by atoms with Crippen molar-refractivity contribution in [3.8, 4) is 5.75 Å². The molecule has 0 spiro atoms. The predicted octanol–water partition coefficient (Wildman–Crippen LogP) is 2.79. The molecule has 1 atom stereocenters. The van der Waals surface area contributed by atoms with Crippen LogP contribution in [0, 0.1) is 0 Å². The molecule has 0 aliphatic carbocycles. The molecule has 0 aliphatic rings. The average molecular weight is 324 g/mol. The van der Waals surface area contributed by atoms with Crippen LogP contribution < -0.4 is 10.5 Å². The molecule has 5 heteroatoms. The van der Waals surface area contributed by atoms with E-state index in [0.29, 0.717) is 13.0 Å². The number of aromatic amines is 1. The van der Waals surface area contributed by atoms with E-state index in [9.17, 15) is 4.79 Å². The van der Waals surface area contributed by atoms with Gasteiger partial charge in [0.05, 0.1) is 12.6 Å². The third-order valence-corrected chi connectivity index (χ3v) is 3.94. The lowest BCUT2D eigenvalue weighted by atomic mass is 10.1. The Balaban J connectivity index is 1.80. The van der Waals surface area contributed by atoms with Crippen molar-refractivity contribution in [2.45, 2.75) is 19.1 Å². The number of esters is 1. The molecule has 0 aliphatic heterocycles. The summed E-state index contributed by atoms with van der Waals surface area (Å²) in [4.78, 5) is 14.7. The van der Waals surface area contributed by atoms with E-state index >= 15 is 0 Å². The molecule has 1 heterocycles.